The molecule has 0 radical (unpaired) electrons. The molecule has 4 nitrogen and oxygen atoms in total. The van der Waals surface area contributed by atoms with Crippen LogP contribution in [0.15, 0.2) is 0 Å². The van der Waals surface area contributed by atoms with Gasteiger partial charge >= 0.3 is 0 Å². The molecule has 1 amide bonds. The Labute approximate surface area is 76.9 Å². The number of ether oxygens (including phenoxy) is 1. The summed E-state index contributed by atoms with van der Waals surface area (Å²) in [4.78, 5) is 11.2. The van der Waals surface area contributed by atoms with Crippen molar-refractivity contribution in [2.45, 2.75) is 18.3 Å². The maximum Gasteiger partial charge on any atom is 0.248 e. The van der Waals surface area contributed by atoms with Crippen molar-refractivity contribution in [3.05, 3.63) is 0 Å². The molecular weight excluding hydrogens is 178 g/mol. The first-order valence-corrected chi connectivity index (χ1v) is 4.39. The largest absolute Gasteiger partial charge is 0.368 e. The van der Waals surface area contributed by atoms with Crippen molar-refractivity contribution in [2.75, 3.05) is 13.7 Å². The second kappa shape index (κ2) is 4.11. The summed E-state index contributed by atoms with van der Waals surface area (Å²) in [5, 5.41) is 9.51. The van der Waals surface area contributed by atoms with Crippen LogP contribution in [0.5, 0.6) is 0 Å². The molecule has 0 spiro atoms. The van der Waals surface area contributed by atoms with Crippen LogP contribution in [0, 0.1) is 5.92 Å². The number of rotatable bonds is 1. The van der Waals surface area contributed by atoms with Crippen LogP contribution in [0.4, 0.5) is 0 Å². The van der Waals surface area contributed by atoms with Crippen LogP contribution in [0.2, 0.25) is 0 Å². The van der Waals surface area contributed by atoms with E-state index in [-0.39, 0.29) is 17.3 Å². The van der Waals surface area contributed by atoms with Crippen molar-refractivity contribution in [1.82, 2.24) is 5.06 Å². The predicted molar refractivity (Wildman–Crippen MR) is 46.0 cm³/mol. The minimum absolute atomic E-state index is 0.142. The van der Waals surface area contributed by atoms with Gasteiger partial charge in [-0.15, -0.1) is 12.6 Å². The Morgan fingerprint density at radius 1 is 1.75 bits per heavy atom. The lowest BCUT2D eigenvalue weighted by molar-refractivity contribution is -0.167. The van der Waals surface area contributed by atoms with E-state index < -0.39 is 0 Å². The molecule has 0 aliphatic carbocycles. The first-order valence-electron chi connectivity index (χ1n) is 3.87. The summed E-state index contributed by atoms with van der Waals surface area (Å²) in [5.41, 5.74) is -0.173. The van der Waals surface area contributed by atoms with Crippen molar-refractivity contribution in [3.8, 4) is 0 Å². The molecule has 1 rings (SSSR count). The third-order valence-corrected chi connectivity index (χ3v) is 2.29. The van der Waals surface area contributed by atoms with Crippen molar-refractivity contribution < 1.29 is 14.7 Å². The zero-order chi connectivity index (χ0) is 9.14. The SMILES string of the molecule is CN(O)C(=O)C1CCOC(S)C1. The first kappa shape index (κ1) is 9.83. The molecule has 0 bridgehead atoms. The van der Waals surface area contributed by atoms with Gasteiger partial charge in [-0.25, -0.2) is 5.06 Å². The maximum absolute atomic E-state index is 11.2. The van der Waals surface area contributed by atoms with Gasteiger partial charge < -0.3 is 4.74 Å². The summed E-state index contributed by atoms with van der Waals surface area (Å²) in [7, 11) is 1.34. The summed E-state index contributed by atoms with van der Waals surface area (Å²) >= 11 is 4.11. The van der Waals surface area contributed by atoms with Crippen molar-refractivity contribution in [1.29, 1.82) is 0 Å². The lowest BCUT2D eigenvalue weighted by atomic mass is 9.99. The Balaban J connectivity index is 2.46. The standard InChI is InChI=1S/C7H13NO3S/c1-8(10)7(9)5-2-3-11-6(12)4-5/h5-6,10,12H,2-4H2,1H3. The predicted octanol–water partition coefficient (Wildman–Crippen LogP) is 0.516. The van der Waals surface area contributed by atoms with Gasteiger partial charge in [-0.05, 0) is 12.8 Å². The van der Waals surface area contributed by atoms with E-state index in [0.717, 1.165) is 0 Å². The van der Waals surface area contributed by atoms with E-state index in [2.05, 4.69) is 12.6 Å². The molecule has 12 heavy (non-hydrogen) atoms. The van der Waals surface area contributed by atoms with Crippen LogP contribution in [0.3, 0.4) is 0 Å². The molecule has 0 aromatic rings. The molecule has 1 aliphatic rings. The molecule has 1 fully saturated rings. The van der Waals surface area contributed by atoms with Crippen LogP contribution in [-0.4, -0.2) is 35.3 Å². The van der Waals surface area contributed by atoms with Gasteiger partial charge in [0.2, 0.25) is 5.91 Å². The molecule has 5 heteroatoms. The molecule has 1 aliphatic heterocycles. The summed E-state index contributed by atoms with van der Waals surface area (Å²) in [5.74, 6) is -0.395. The zero-order valence-electron chi connectivity index (χ0n) is 6.93. The number of hydrogen-bond acceptors (Lipinski definition) is 4. The van der Waals surface area contributed by atoms with Crippen LogP contribution in [-0.2, 0) is 9.53 Å². The molecule has 0 aromatic heterocycles. The Bertz CT molecular complexity index is 174. The summed E-state index contributed by atoms with van der Waals surface area (Å²) in [6, 6.07) is 0. The number of nitrogens with zero attached hydrogens (tertiary/aromatic N) is 1. The quantitative estimate of drug-likeness (QED) is 0.361. The maximum atomic E-state index is 11.2. The number of hydroxylamine groups is 2. The second-order valence-electron chi connectivity index (χ2n) is 2.91. The van der Waals surface area contributed by atoms with Gasteiger partial charge in [-0.2, -0.15) is 0 Å². The molecular formula is C7H13NO3S. The molecule has 1 N–H and O–H groups in total. The van der Waals surface area contributed by atoms with E-state index in [9.17, 15) is 4.79 Å². The number of amides is 1. The van der Waals surface area contributed by atoms with Gasteiger partial charge in [-0.1, -0.05) is 0 Å². The fourth-order valence-electron chi connectivity index (χ4n) is 1.26. The summed E-state index contributed by atoms with van der Waals surface area (Å²) in [6.45, 7) is 0.540. The third kappa shape index (κ3) is 2.36. The highest BCUT2D eigenvalue weighted by Gasteiger charge is 2.27. The minimum Gasteiger partial charge on any atom is -0.368 e. The Morgan fingerprint density at radius 2 is 2.42 bits per heavy atom. The Kier molecular flexibility index (Phi) is 3.37. The minimum atomic E-state index is -0.252. The summed E-state index contributed by atoms with van der Waals surface area (Å²) in [6.07, 6.45) is 1.24. The van der Waals surface area contributed by atoms with Gasteiger partial charge in [0.15, 0.2) is 0 Å². The fraction of sp³-hybridized carbons (Fsp3) is 0.857. The molecule has 70 valence electrons. The first-order chi connectivity index (χ1) is 5.61. The molecule has 1 saturated heterocycles. The average molecular weight is 191 g/mol. The Hall–Kier alpha value is -0.260. The molecule has 1 heterocycles. The van der Waals surface area contributed by atoms with E-state index in [4.69, 9.17) is 9.94 Å². The van der Waals surface area contributed by atoms with Gasteiger partial charge in [0.1, 0.15) is 5.44 Å². The lowest BCUT2D eigenvalue weighted by Gasteiger charge is -2.26. The highest BCUT2D eigenvalue weighted by molar-refractivity contribution is 7.80. The van der Waals surface area contributed by atoms with E-state index in [1.165, 1.54) is 7.05 Å². The van der Waals surface area contributed by atoms with E-state index in [1.807, 2.05) is 0 Å². The fourth-order valence-corrected chi connectivity index (χ4v) is 1.62. The van der Waals surface area contributed by atoms with Crippen LogP contribution < -0.4 is 0 Å². The highest BCUT2D eigenvalue weighted by atomic mass is 32.1. The second-order valence-corrected chi connectivity index (χ2v) is 3.48. The molecule has 0 aromatic carbocycles. The highest BCUT2D eigenvalue weighted by Crippen LogP contribution is 2.23. The van der Waals surface area contributed by atoms with Crippen molar-refractivity contribution in [3.63, 3.8) is 0 Å². The van der Waals surface area contributed by atoms with Gasteiger partial charge in [0, 0.05) is 19.6 Å². The van der Waals surface area contributed by atoms with Crippen LogP contribution in [0.1, 0.15) is 12.8 Å². The topological polar surface area (TPSA) is 49.8 Å². The van der Waals surface area contributed by atoms with Crippen molar-refractivity contribution >= 4 is 18.5 Å². The lowest BCUT2D eigenvalue weighted by Crippen LogP contribution is -2.35. The molecule has 0 saturated carbocycles. The summed E-state index contributed by atoms with van der Waals surface area (Å²) < 4.78 is 5.15. The Morgan fingerprint density at radius 3 is 2.92 bits per heavy atom. The monoisotopic (exact) mass is 191 g/mol. The molecule has 2 atom stereocenters. The third-order valence-electron chi connectivity index (χ3n) is 1.93. The number of thiol groups is 1. The van der Waals surface area contributed by atoms with Gasteiger partial charge in [-0.3, -0.25) is 10.0 Å². The average Bonchev–Trinajstić information content (AvgIpc) is 2.03. The van der Waals surface area contributed by atoms with Crippen LogP contribution in [0.25, 0.3) is 0 Å². The number of carbonyl (C=O) groups excluding carboxylic acids is 1. The van der Waals surface area contributed by atoms with Crippen LogP contribution >= 0.6 is 12.6 Å². The molecule has 2 unspecified atom stereocenters. The zero-order valence-corrected chi connectivity index (χ0v) is 7.83. The normalized spacial score (nSPS) is 29.9. The van der Waals surface area contributed by atoms with E-state index in [0.29, 0.717) is 24.5 Å². The van der Waals surface area contributed by atoms with Gasteiger partial charge in [0.25, 0.3) is 0 Å². The van der Waals surface area contributed by atoms with Crippen molar-refractivity contribution in [2.24, 2.45) is 5.92 Å². The number of carbonyl (C=O) groups is 1. The van der Waals surface area contributed by atoms with E-state index in [1.54, 1.807) is 0 Å². The van der Waals surface area contributed by atoms with Gasteiger partial charge in [0.05, 0.1) is 0 Å². The number of hydrogen-bond donors (Lipinski definition) is 2. The van der Waals surface area contributed by atoms with E-state index >= 15 is 0 Å². The smallest absolute Gasteiger partial charge is 0.248 e.